The summed E-state index contributed by atoms with van der Waals surface area (Å²) < 4.78 is -1.53. The molecule has 0 atom stereocenters. The molecule has 1 fully saturated rings. The van der Waals surface area contributed by atoms with Crippen molar-refractivity contribution < 1.29 is 0 Å². The lowest BCUT2D eigenvalue weighted by Crippen LogP contribution is -2.32. The maximum absolute atomic E-state index is 5.98. The van der Waals surface area contributed by atoms with E-state index in [0.717, 1.165) is 11.8 Å². The fourth-order valence-electron chi connectivity index (χ4n) is 0.511. The fourth-order valence-corrected chi connectivity index (χ4v) is 11.6. The van der Waals surface area contributed by atoms with E-state index in [1.54, 1.807) is 0 Å². The monoisotopic (exact) mass is 346 g/mol. The predicted octanol–water partition coefficient (Wildman–Crippen LogP) is 5.96. The summed E-state index contributed by atoms with van der Waals surface area (Å²) in [5, 5.41) is -3.54. The Kier molecular flexibility index (Phi) is 3.13. The summed E-state index contributed by atoms with van der Waals surface area (Å²) in [7, 11) is 23.9. The molecule has 0 amide bonds. The van der Waals surface area contributed by atoms with E-state index >= 15 is 0 Å². The van der Waals surface area contributed by atoms with Gasteiger partial charge in [-0.1, -0.05) is 23.2 Å². The van der Waals surface area contributed by atoms with Crippen molar-refractivity contribution in [3.05, 3.63) is 0 Å². The van der Waals surface area contributed by atoms with Crippen LogP contribution in [-0.4, -0.2) is 13.2 Å². The molecule has 0 spiro atoms. The van der Waals surface area contributed by atoms with E-state index in [4.69, 9.17) is 65.9 Å². The molecule has 0 saturated carbocycles. The first-order chi connectivity index (χ1) is 4.98. The third kappa shape index (κ3) is 2.14. The number of rotatable bonds is 0. The smallest absolute Gasteiger partial charge is 0.138 e. The van der Waals surface area contributed by atoms with Crippen molar-refractivity contribution in [2.45, 2.75) is 3.00 Å². The molecule has 1 aliphatic rings. The standard InChI is InChI=1S/C3H4Cl6S3/c4-3(5)11-1-10-2-12(3,6,7,8)9/h1-2H2. The first-order valence-electron chi connectivity index (χ1n) is 2.56. The first-order valence-corrected chi connectivity index (χ1v) is 11.4. The highest BCUT2D eigenvalue weighted by Crippen LogP contribution is 3.14. The average Bonchev–Trinajstić information content (AvgIpc) is 1.75. The van der Waals surface area contributed by atoms with Crippen LogP contribution in [0, 0.1) is 0 Å². The van der Waals surface area contributed by atoms with E-state index < -0.39 is 8.15 Å². The molecule has 9 heteroatoms. The van der Waals surface area contributed by atoms with Crippen molar-refractivity contribution in [2.24, 2.45) is 0 Å². The molecule has 0 aromatic heterocycles. The normalized spacial score (nSPS) is 41.5. The second-order valence-electron chi connectivity index (χ2n) is 2.29. The van der Waals surface area contributed by atoms with Gasteiger partial charge in [0, 0.05) is 10.2 Å². The zero-order valence-electron chi connectivity index (χ0n) is 5.41. The maximum Gasteiger partial charge on any atom is 0.226 e. The molecule has 0 aromatic rings. The van der Waals surface area contributed by atoms with E-state index in [-0.39, 0.29) is 5.08 Å². The lowest BCUT2D eigenvalue weighted by molar-refractivity contribution is 1.73. The molecule has 0 unspecified atom stereocenters. The van der Waals surface area contributed by atoms with Crippen molar-refractivity contribution >= 4 is 94.6 Å². The Bertz CT molecular complexity index is 215. The quantitative estimate of drug-likeness (QED) is 0.495. The zero-order valence-corrected chi connectivity index (χ0v) is 12.4. The van der Waals surface area contributed by atoms with Crippen LogP contribution in [-0.2, 0) is 0 Å². The Balaban J connectivity index is 3.19. The molecule has 0 aliphatic carbocycles. The van der Waals surface area contributed by atoms with Gasteiger partial charge < -0.3 is 0 Å². The Morgan fingerprint density at radius 3 is 1.83 bits per heavy atom. The predicted molar refractivity (Wildman–Crippen MR) is 70.4 cm³/mol. The summed E-state index contributed by atoms with van der Waals surface area (Å²) in [6.07, 6.45) is 0. The minimum absolute atomic E-state index is 0.159. The van der Waals surface area contributed by atoms with Crippen LogP contribution in [0.3, 0.4) is 0 Å². The third-order valence-corrected chi connectivity index (χ3v) is 20.1. The molecule has 12 heavy (non-hydrogen) atoms. The van der Waals surface area contributed by atoms with Gasteiger partial charge in [0.2, 0.25) is 3.00 Å². The van der Waals surface area contributed by atoms with E-state index in [0.29, 0.717) is 5.08 Å². The molecule has 1 heterocycles. The Hall–Kier alpha value is 2.79. The maximum atomic E-state index is 5.98. The summed E-state index contributed by atoms with van der Waals surface area (Å²) in [6, 6.07) is 0. The van der Waals surface area contributed by atoms with E-state index in [9.17, 15) is 0 Å². The molecule has 1 aliphatic heterocycles. The Labute approximate surface area is 107 Å². The van der Waals surface area contributed by atoms with Gasteiger partial charge in [0.1, 0.15) is 0 Å². The van der Waals surface area contributed by atoms with Gasteiger partial charge in [0.25, 0.3) is 0 Å². The van der Waals surface area contributed by atoms with Gasteiger partial charge in [-0.05, 0) is 42.7 Å². The van der Waals surface area contributed by atoms with Gasteiger partial charge in [-0.25, -0.2) is 0 Å². The van der Waals surface area contributed by atoms with Gasteiger partial charge in [0.05, 0.1) is 5.08 Å². The summed E-state index contributed by atoms with van der Waals surface area (Å²) in [6.45, 7) is 0. The summed E-state index contributed by atoms with van der Waals surface area (Å²) in [4.78, 5) is 0. The van der Waals surface area contributed by atoms with Crippen LogP contribution >= 0.6 is 94.6 Å². The summed E-state index contributed by atoms with van der Waals surface area (Å²) >= 11 is 14.3. The SMILES string of the molecule is ClC1(Cl)SCSCS1(Cl)(Cl)(Cl)Cl. The second kappa shape index (κ2) is 2.92. The highest BCUT2D eigenvalue weighted by molar-refractivity contribution is 9.17. The van der Waals surface area contributed by atoms with Crippen molar-refractivity contribution in [3.8, 4) is 0 Å². The van der Waals surface area contributed by atoms with Crippen molar-refractivity contribution in [1.29, 1.82) is 0 Å². The van der Waals surface area contributed by atoms with Crippen LogP contribution in [0.1, 0.15) is 0 Å². The lowest BCUT2D eigenvalue weighted by Gasteiger charge is -2.64. The molecule has 1 saturated heterocycles. The first kappa shape index (κ1) is 12.9. The van der Waals surface area contributed by atoms with Crippen LogP contribution in [0.2, 0.25) is 0 Å². The highest BCUT2D eigenvalue weighted by atomic mass is 36.4. The molecular formula is C3H4Cl6S3. The Morgan fingerprint density at radius 1 is 1.08 bits per heavy atom. The van der Waals surface area contributed by atoms with Gasteiger partial charge in [-0.15, -0.1) is 23.5 Å². The molecule has 0 nitrogen and oxygen atoms in total. The van der Waals surface area contributed by atoms with Gasteiger partial charge in [0.15, 0.2) is 0 Å². The minimum Gasteiger partial charge on any atom is -0.138 e. The zero-order chi connectivity index (χ0) is 9.74. The lowest BCUT2D eigenvalue weighted by atomic mass is 11.8. The molecule has 1 rings (SSSR count). The minimum atomic E-state index is -4.38. The fraction of sp³-hybridized carbons (Fsp3) is 1.00. The molecule has 0 N–H and O–H groups in total. The molecule has 0 aromatic carbocycles. The summed E-state index contributed by atoms with van der Waals surface area (Å²) in [5.74, 6) is 0. The Morgan fingerprint density at radius 2 is 1.58 bits per heavy atom. The van der Waals surface area contributed by atoms with Gasteiger partial charge in [-0.3, -0.25) is 0 Å². The second-order valence-corrected chi connectivity index (χ2v) is 23.9. The summed E-state index contributed by atoms with van der Waals surface area (Å²) in [5.41, 5.74) is 0. The third-order valence-electron chi connectivity index (χ3n) is 1.16. The van der Waals surface area contributed by atoms with Crippen LogP contribution in [0.25, 0.3) is 0 Å². The highest BCUT2D eigenvalue weighted by Gasteiger charge is 2.71. The van der Waals surface area contributed by atoms with E-state index in [1.807, 2.05) is 0 Å². The number of hydrogen-bond acceptors (Lipinski definition) is 2. The largest absolute Gasteiger partial charge is 0.226 e. The van der Waals surface area contributed by atoms with Crippen LogP contribution in [0.5, 0.6) is 0 Å². The van der Waals surface area contributed by atoms with Crippen LogP contribution in [0.4, 0.5) is 0 Å². The topological polar surface area (TPSA) is 0 Å². The van der Waals surface area contributed by atoms with Crippen LogP contribution in [0.15, 0.2) is 0 Å². The van der Waals surface area contributed by atoms with Crippen LogP contribution < -0.4 is 0 Å². The van der Waals surface area contributed by atoms with E-state index in [2.05, 4.69) is 0 Å². The molecule has 76 valence electrons. The molecule has 0 bridgehead atoms. The van der Waals surface area contributed by atoms with Crippen molar-refractivity contribution in [2.75, 3.05) is 10.2 Å². The number of hydrogen-bond donors (Lipinski definition) is 0. The van der Waals surface area contributed by atoms with Gasteiger partial charge >= 0.3 is 0 Å². The number of alkyl halides is 2. The van der Waals surface area contributed by atoms with E-state index in [1.165, 1.54) is 11.8 Å². The molecule has 0 radical (unpaired) electrons. The number of thioether (sulfide) groups is 2. The molecular weight excluding hydrogens is 345 g/mol. The number of halogens is 6. The van der Waals surface area contributed by atoms with Crippen molar-refractivity contribution in [1.82, 2.24) is 0 Å². The average molecular weight is 349 g/mol. The van der Waals surface area contributed by atoms with Crippen molar-refractivity contribution in [3.63, 3.8) is 0 Å². The van der Waals surface area contributed by atoms with Gasteiger partial charge in [-0.2, -0.15) is 0 Å².